The van der Waals surface area contributed by atoms with Crippen molar-refractivity contribution in [1.29, 1.82) is 0 Å². The first-order chi connectivity index (χ1) is 9.69. The standard InChI is InChI=1S/C16H13FN2O/c1-10-14-7-12(11-3-5-13(17)6-4-11)8-15(20-2)16(14)19-9-18-10/h3-9H,1-2H3. The van der Waals surface area contributed by atoms with Crippen molar-refractivity contribution in [1.82, 2.24) is 9.97 Å². The maximum absolute atomic E-state index is 13.0. The van der Waals surface area contributed by atoms with Crippen molar-refractivity contribution in [3.05, 3.63) is 54.2 Å². The lowest BCUT2D eigenvalue weighted by Gasteiger charge is -2.10. The van der Waals surface area contributed by atoms with Gasteiger partial charge in [0, 0.05) is 11.1 Å². The van der Waals surface area contributed by atoms with Crippen molar-refractivity contribution in [3.8, 4) is 16.9 Å². The van der Waals surface area contributed by atoms with E-state index >= 15 is 0 Å². The summed E-state index contributed by atoms with van der Waals surface area (Å²) in [6.07, 6.45) is 1.53. The Morgan fingerprint density at radius 1 is 1.00 bits per heavy atom. The summed E-state index contributed by atoms with van der Waals surface area (Å²) in [4.78, 5) is 8.47. The van der Waals surface area contributed by atoms with Crippen LogP contribution in [-0.4, -0.2) is 17.1 Å². The van der Waals surface area contributed by atoms with Crippen LogP contribution in [0.1, 0.15) is 5.69 Å². The van der Waals surface area contributed by atoms with E-state index in [4.69, 9.17) is 4.74 Å². The molecule has 20 heavy (non-hydrogen) atoms. The monoisotopic (exact) mass is 268 g/mol. The Labute approximate surface area is 116 Å². The van der Waals surface area contributed by atoms with Crippen LogP contribution in [0.2, 0.25) is 0 Å². The molecule has 0 saturated heterocycles. The van der Waals surface area contributed by atoms with Crippen LogP contribution in [0.5, 0.6) is 5.75 Å². The molecule has 0 radical (unpaired) electrons. The zero-order chi connectivity index (χ0) is 14.1. The minimum absolute atomic E-state index is 0.249. The van der Waals surface area contributed by atoms with E-state index in [2.05, 4.69) is 9.97 Å². The number of benzene rings is 2. The van der Waals surface area contributed by atoms with Crippen LogP contribution in [0.15, 0.2) is 42.7 Å². The summed E-state index contributed by atoms with van der Waals surface area (Å²) in [5, 5.41) is 0.936. The number of hydrogen-bond acceptors (Lipinski definition) is 3. The Kier molecular flexibility index (Phi) is 3.06. The van der Waals surface area contributed by atoms with Crippen molar-refractivity contribution in [2.45, 2.75) is 6.92 Å². The third-order valence-electron chi connectivity index (χ3n) is 3.30. The molecule has 1 aromatic heterocycles. The van der Waals surface area contributed by atoms with E-state index in [-0.39, 0.29) is 5.82 Å². The van der Waals surface area contributed by atoms with Gasteiger partial charge in [0.15, 0.2) is 0 Å². The first-order valence-electron chi connectivity index (χ1n) is 6.24. The molecule has 0 spiro atoms. The third kappa shape index (κ3) is 2.09. The van der Waals surface area contributed by atoms with Gasteiger partial charge in [-0.25, -0.2) is 14.4 Å². The SMILES string of the molecule is COc1cc(-c2ccc(F)cc2)cc2c(C)ncnc12. The molecule has 3 rings (SSSR count). The smallest absolute Gasteiger partial charge is 0.145 e. The zero-order valence-electron chi connectivity index (χ0n) is 11.2. The first-order valence-corrected chi connectivity index (χ1v) is 6.24. The summed E-state index contributed by atoms with van der Waals surface area (Å²) in [6.45, 7) is 1.93. The summed E-state index contributed by atoms with van der Waals surface area (Å²) in [7, 11) is 1.61. The molecule has 0 aliphatic heterocycles. The Bertz CT molecular complexity index is 769. The van der Waals surface area contributed by atoms with Crippen molar-refractivity contribution in [3.63, 3.8) is 0 Å². The minimum atomic E-state index is -0.249. The van der Waals surface area contributed by atoms with Gasteiger partial charge in [0.25, 0.3) is 0 Å². The highest BCUT2D eigenvalue weighted by Gasteiger charge is 2.09. The molecule has 0 amide bonds. The highest BCUT2D eigenvalue weighted by Crippen LogP contribution is 2.32. The maximum Gasteiger partial charge on any atom is 0.145 e. The quantitative estimate of drug-likeness (QED) is 0.710. The zero-order valence-corrected chi connectivity index (χ0v) is 11.2. The number of fused-ring (bicyclic) bond motifs is 1. The van der Waals surface area contributed by atoms with Crippen LogP contribution in [0, 0.1) is 12.7 Å². The van der Waals surface area contributed by atoms with Crippen molar-refractivity contribution < 1.29 is 9.13 Å². The molecule has 0 aliphatic carbocycles. The van der Waals surface area contributed by atoms with E-state index in [1.165, 1.54) is 18.5 Å². The Morgan fingerprint density at radius 2 is 1.75 bits per heavy atom. The van der Waals surface area contributed by atoms with Crippen LogP contribution < -0.4 is 4.74 Å². The van der Waals surface area contributed by atoms with Gasteiger partial charge >= 0.3 is 0 Å². The topological polar surface area (TPSA) is 35.0 Å². The van der Waals surface area contributed by atoms with Gasteiger partial charge < -0.3 is 4.74 Å². The van der Waals surface area contributed by atoms with Crippen LogP contribution in [-0.2, 0) is 0 Å². The third-order valence-corrected chi connectivity index (χ3v) is 3.30. The molecule has 0 fully saturated rings. The lowest BCUT2D eigenvalue weighted by Crippen LogP contribution is -1.93. The Hall–Kier alpha value is -2.49. The number of halogens is 1. The molecular formula is C16H13FN2O. The van der Waals surface area contributed by atoms with Crippen molar-refractivity contribution >= 4 is 10.9 Å². The highest BCUT2D eigenvalue weighted by atomic mass is 19.1. The number of hydrogen-bond donors (Lipinski definition) is 0. The van der Waals surface area contributed by atoms with Crippen LogP contribution in [0.3, 0.4) is 0 Å². The summed E-state index contributed by atoms with van der Waals surface area (Å²) in [5.41, 5.74) is 3.55. The van der Waals surface area contributed by atoms with Crippen LogP contribution >= 0.6 is 0 Å². The molecule has 3 nitrogen and oxygen atoms in total. The number of nitrogens with zero attached hydrogens (tertiary/aromatic N) is 2. The molecule has 0 atom stereocenters. The number of aromatic nitrogens is 2. The predicted octanol–water partition coefficient (Wildman–Crippen LogP) is 3.75. The van der Waals surface area contributed by atoms with Crippen LogP contribution in [0.4, 0.5) is 4.39 Å². The van der Waals surface area contributed by atoms with E-state index in [9.17, 15) is 4.39 Å². The van der Waals surface area contributed by atoms with E-state index in [1.807, 2.05) is 19.1 Å². The number of rotatable bonds is 2. The van der Waals surface area contributed by atoms with Crippen molar-refractivity contribution in [2.75, 3.05) is 7.11 Å². The van der Waals surface area contributed by atoms with E-state index in [0.717, 1.165) is 27.7 Å². The lowest BCUT2D eigenvalue weighted by atomic mass is 10.0. The van der Waals surface area contributed by atoms with E-state index in [0.29, 0.717) is 5.75 Å². The van der Waals surface area contributed by atoms with Crippen LogP contribution in [0.25, 0.3) is 22.0 Å². The van der Waals surface area contributed by atoms with Gasteiger partial charge in [-0.15, -0.1) is 0 Å². The van der Waals surface area contributed by atoms with E-state index < -0.39 is 0 Å². The molecule has 3 aromatic rings. The largest absolute Gasteiger partial charge is 0.494 e. The van der Waals surface area contributed by atoms with Gasteiger partial charge in [-0.05, 0) is 42.3 Å². The average molecular weight is 268 g/mol. The van der Waals surface area contributed by atoms with Gasteiger partial charge in [0.05, 0.1) is 7.11 Å². The fourth-order valence-corrected chi connectivity index (χ4v) is 2.22. The Morgan fingerprint density at radius 3 is 2.45 bits per heavy atom. The normalized spacial score (nSPS) is 10.8. The molecule has 1 heterocycles. The number of methoxy groups -OCH3 is 1. The van der Waals surface area contributed by atoms with E-state index in [1.54, 1.807) is 19.2 Å². The van der Waals surface area contributed by atoms with Gasteiger partial charge in [0.1, 0.15) is 23.4 Å². The molecular weight excluding hydrogens is 255 g/mol. The van der Waals surface area contributed by atoms with Crippen molar-refractivity contribution in [2.24, 2.45) is 0 Å². The minimum Gasteiger partial charge on any atom is -0.494 e. The summed E-state index contributed by atoms with van der Waals surface area (Å²) >= 11 is 0. The molecule has 2 aromatic carbocycles. The summed E-state index contributed by atoms with van der Waals surface area (Å²) in [6, 6.07) is 10.3. The second-order valence-electron chi connectivity index (χ2n) is 4.54. The number of ether oxygens (including phenoxy) is 1. The molecule has 0 bridgehead atoms. The summed E-state index contributed by atoms with van der Waals surface area (Å²) in [5.74, 6) is 0.438. The van der Waals surface area contributed by atoms with Gasteiger partial charge in [0.2, 0.25) is 0 Å². The highest BCUT2D eigenvalue weighted by molar-refractivity contribution is 5.91. The molecule has 0 saturated carbocycles. The fourth-order valence-electron chi connectivity index (χ4n) is 2.22. The first kappa shape index (κ1) is 12.5. The maximum atomic E-state index is 13.0. The summed E-state index contributed by atoms with van der Waals surface area (Å²) < 4.78 is 18.4. The fraction of sp³-hybridized carbons (Fsp3) is 0.125. The molecule has 0 unspecified atom stereocenters. The van der Waals surface area contributed by atoms with Gasteiger partial charge in [-0.2, -0.15) is 0 Å². The average Bonchev–Trinajstić information content (AvgIpc) is 2.47. The Balaban J connectivity index is 2.27. The van der Waals surface area contributed by atoms with Gasteiger partial charge in [-0.3, -0.25) is 0 Å². The molecule has 100 valence electrons. The number of aryl methyl sites for hydroxylation is 1. The van der Waals surface area contributed by atoms with Gasteiger partial charge in [-0.1, -0.05) is 12.1 Å². The molecule has 0 N–H and O–H groups in total. The lowest BCUT2D eigenvalue weighted by molar-refractivity contribution is 0.419. The predicted molar refractivity (Wildman–Crippen MR) is 76.2 cm³/mol. The molecule has 4 heteroatoms. The second kappa shape index (κ2) is 4.89. The molecule has 0 aliphatic rings. The second-order valence-corrected chi connectivity index (χ2v) is 4.54.